The molecular weight excluding hydrogens is 290 g/mol. The first-order valence-electron chi connectivity index (χ1n) is 6.47. The van der Waals surface area contributed by atoms with Crippen LogP contribution in [0.4, 0.5) is 0 Å². The first-order chi connectivity index (χ1) is 9.83. The molecule has 0 atom stereocenters. The lowest BCUT2D eigenvalue weighted by atomic mass is 10.2. The Bertz CT molecular complexity index is 697. The van der Waals surface area contributed by atoms with Crippen LogP contribution in [-0.2, 0) is 17.8 Å². The highest BCUT2D eigenvalue weighted by molar-refractivity contribution is 7.09. The number of benzene rings is 1. The van der Waals surface area contributed by atoms with Crippen molar-refractivity contribution >= 4 is 33.8 Å². The number of thiophene rings is 1. The van der Waals surface area contributed by atoms with Gasteiger partial charge < -0.3 is 4.74 Å². The van der Waals surface area contributed by atoms with E-state index in [2.05, 4.69) is 28.6 Å². The van der Waals surface area contributed by atoms with E-state index in [1.165, 1.54) is 4.88 Å². The summed E-state index contributed by atoms with van der Waals surface area (Å²) < 4.78 is 5.70. The van der Waals surface area contributed by atoms with Crippen molar-refractivity contribution in [3.05, 3.63) is 63.4 Å². The van der Waals surface area contributed by atoms with Crippen LogP contribution in [0.25, 0.3) is 10.9 Å². The smallest absolute Gasteiger partial charge is 0.135 e. The second-order valence-corrected chi connectivity index (χ2v) is 5.90. The molecule has 0 N–H and O–H groups in total. The van der Waals surface area contributed by atoms with Crippen LogP contribution in [0.15, 0.2) is 47.8 Å². The highest BCUT2D eigenvalue weighted by Gasteiger charge is 2.05. The van der Waals surface area contributed by atoms with Gasteiger partial charge in [0.1, 0.15) is 5.15 Å². The first-order valence-corrected chi connectivity index (χ1v) is 7.73. The molecule has 2 aromatic heterocycles. The molecule has 20 heavy (non-hydrogen) atoms. The quantitative estimate of drug-likeness (QED) is 0.503. The van der Waals surface area contributed by atoms with Crippen molar-refractivity contribution in [2.75, 3.05) is 6.61 Å². The fourth-order valence-corrected chi connectivity index (χ4v) is 2.94. The lowest BCUT2D eigenvalue weighted by Crippen LogP contribution is -1.99. The third-order valence-electron chi connectivity index (χ3n) is 3.08. The molecule has 0 unspecified atom stereocenters. The summed E-state index contributed by atoms with van der Waals surface area (Å²) in [6.45, 7) is 1.20. The number of rotatable bonds is 5. The fourth-order valence-electron chi connectivity index (χ4n) is 2.05. The average molecular weight is 304 g/mol. The molecule has 0 aliphatic heterocycles. The normalized spacial score (nSPS) is 11.1. The van der Waals surface area contributed by atoms with Crippen LogP contribution in [0.3, 0.4) is 0 Å². The minimum Gasteiger partial charge on any atom is -0.376 e. The summed E-state index contributed by atoms with van der Waals surface area (Å²) in [4.78, 5) is 5.73. The van der Waals surface area contributed by atoms with Crippen molar-refractivity contribution < 1.29 is 4.74 Å². The largest absolute Gasteiger partial charge is 0.376 e. The maximum absolute atomic E-state index is 6.19. The lowest BCUT2D eigenvalue weighted by molar-refractivity contribution is 0.124. The summed E-state index contributed by atoms with van der Waals surface area (Å²) in [6, 6.07) is 14.2. The van der Waals surface area contributed by atoms with Gasteiger partial charge in [-0.15, -0.1) is 11.3 Å². The van der Waals surface area contributed by atoms with Crippen LogP contribution in [0.1, 0.15) is 10.4 Å². The topological polar surface area (TPSA) is 22.1 Å². The molecular formula is C16H14ClNOS. The zero-order valence-electron chi connectivity index (χ0n) is 10.9. The Balaban J connectivity index is 1.63. The van der Waals surface area contributed by atoms with Crippen LogP contribution in [0.2, 0.25) is 5.15 Å². The molecule has 0 radical (unpaired) electrons. The van der Waals surface area contributed by atoms with E-state index in [1.807, 2.05) is 24.3 Å². The number of nitrogens with zero attached hydrogens (tertiary/aromatic N) is 1. The van der Waals surface area contributed by atoms with Gasteiger partial charge in [0.15, 0.2) is 0 Å². The molecule has 2 nitrogen and oxygen atoms in total. The molecule has 0 bridgehead atoms. The molecule has 0 amide bonds. The molecule has 3 aromatic rings. The van der Waals surface area contributed by atoms with Gasteiger partial charge in [0.05, 0.1) is 18.7 Å². The van der Waals surface area contributed by atoms with Gasteiger partial charge in [0, 0.05) is 22.2 Å². The molecule has 2 heterocycles. The number of aromatic nitrogens is 1. The second-order valence-electron chi connectivity index (χ2n) is 4.51. The molecule has 3 rings (SSSR count). The molecule has 102 valence electrons. The van der Waals surface area contributed by atoms with Crippen LogP contribution in [0.5, 0.6) is 0 Å². The van der Waals surface area contributed by atoms with Crippen molar-refractivity contribution in [3.8, 4) is 0 Å². The van der Waals surface area contributed by atoms with E-state index in [9.17, 15) is 0 Å². The maximum atomic E-state index is 6.19. The standard InChI is InChI=1S/C16H14ClNOS/c17-16-13(10-12-4-1-2-6-15(12)18-16)11-19-8-7-14-5-3-9-20-14/h1-6,9-10H,7-8,11H2. The predicted molar refractivity (Wildman–Crippen MR) is 84.4 cm³/mol. The van der Waals surface area contributed by atoms with Gasteiger partial charge in [0.2, 0.25) is 0 Å². The third kappa shape index (κ3) is 3.18. The van der Waals surface area contributed by atoms with Gasteiger partial charge in [-0.3, -0.25) is 0 Å². The van der Waals surface area contributed by atoms with E-state index >= 15 is 0 Å². The van der Waals surface area contributed by atoms with E-state index in [-0.39, 0.29) is 0 Å². The molecule has 0 spiro atoms. The molecule has 0 fully saturated rings. The minimum atomic E-state index is 0.502. The summed E-state index contributed by atoms with van der Waals surface area (Å²) in [5, 5.41) is 3.70. The SMILES string of the molecule is Clc1nc2ccccc2cc1COCCc1cccs1. The minimum absolute atomic E-state index is 0.502. The van der Waals surface area contributed by atoms with E-state index in [0.717, 1.165) is 22.9 Å². The van der Waals surface area contributed by atoms with Crippen molar-refractivity contribution in [1.82, 2.24) is 4.98 Å². The Morgan fingerprint density at radius 3 is 2.90 bits per heavy atom. The van der Waals surface area contributed by atoms with Crippen molar-refractivity contribution in [1.29, 1.82) is 0 Å². The Morgan fingerprint density at radius 2 is 2.05 bits per heavy atom. The van der Waals surface area contributed by atoms with Gasteiger partial charge in [-0.25, -0.2) is 4.98 Å². The summed E-state index contributed by atoms with van der Waals surface area (Å²) in [6.07, 6.45) is 0.941. The summed E-state index contributed by atoms with van der Waals surface area (Å²) in [5.74, 6) is 0. The van der Waals surface area contributed by atoms with E-state index in [0.29, 0.717) is 18.4 Å². The first kappa shape index (κ1) is 13.6. The van der Waals surface area contributed by atoms with Crippen LogP contribution < -0.4 is 0 Å². The van der Waals surface area contributed by atoms with E-state index in [1.54, 1.807) is 11.3 Å². The summed E-state index contributed by atoms with van der Waals surface area (Å²) in [5.41, 5.74) is 1.86. The Labute approximate surface area is 127 Å². The molecule has 4 heteroatoms. The highest BCUT2D eigenvalue weighted by atomic mass is 35.5. The van der Waals surface area contributed by atoms with Crippen molar-refractivity contribution in [2.45, 2.75) is 13.0 Å². The second kappa shape index (κ2) is 6.35. The Kier molecular flexibility index (Phi) is 4.31. The number of pyridine rings is 1. The monoisotopic (exact) mass is 303 g/mol. The highest BCUT2D eigenvalue weighted by Crippen LogP contribution is 2.21. The average Bonchev–Trinajstić information content (AvgIpc) is 2.97. The van der Waals surface area contributed by atoms with Gasteiger partial charge in [-0.2, -0.15) is 0 Å². The zero-order chi connectivity index (χ0) is 13.8. The molecule has 0 saturated heterocycles. The number of para-hydroxylation sites is 1. The number of fused-ring (bicyclic) bond motifs is 1. The van der Waals surface area contributed by atoms with E-state index < -0.39 is 0 Å². The van der Waals surface area contributed by atoms with Crippen LogP contribution in [0, 0.1) is 0 Å². The zero-order valence-corrected chi connectivity index (χ0v) is 12.5. The van der Waals surface area contributed by atoms with Gasteiger partial charge in [-0.1, -0.05) is 35.9 Å². The summed E-state index contributed by atoms with van der Waals surface area (Å²) >= 11 is 7.95. The van der Waals surface area contributed by atoms with Gasteiger partial charge in [-0.05, 0) is 23.6 Å². The number of hydrogen-bond acceptors (Lipinski definition) is 3. The van der Waals surface area contributed by atoms with Crippen LogP contribution in [-0.4, -0.2) is 11.6 Å². The maximum Gasteiger partial charge on any atom is 0.135 e. The number of halogens is 1. The van der Waals surface area contributed by atoms with Gasteiger partial charge >= 0.3 is 0 Å². The Morgan fingerprint density at radius 1 is 1.15 bits per heavy atom. The molecule has 0 aliphatic rings. The number of ether oxygens (including phenoxy) is 1. The number of hydrogen-bond donors (Lipinski definition) is 0. The van der Waals surface area contributed by atoms with Crippen LogP contribution >= 0.6 is 22.9 Å². The summed E-state index contributed by atoms with van der Waals surface area (Å²) in [7, 11) is 0. The molecule has 1 aromatic carbocycles. The van der Waals surface area contributed by atoms with E-state index in [4.69, 9.17) is 16.3 Å². The molecule has 0 aliphatic carbocycles. The Hall–Kier alpha value is -1.42. The third-order valence-corrected chi connectivity index (χ3v) is 4.34. The lowest BCUT2D eigenvalue weighted by Gasteiger charge is -2.07. The molecule has 0 saturated carbocycles. The van der Waals surface area contributed by atoms with Crippen molar-refractivity contribution in [2.24, 2.45) is 0 Å². The predicted octanol–water partition coefficient (Wildman–Crippen LogP) is 4.71. The van der Waals surface area contributed by atoms with Crippen molar-refractivity contribution in [3.63, 3.8) is 0 Å². The fraction of sp³-hybridized carbons (Fsp3) is 0.188. The van der Waals surface area contributed by atoms with Gasteiger partial charge in [0.25, 0.3) is 0 Å².